The van der Waals surface area contributed by atoms with Crippen molar-refractivity contribution >= 4 is 29.1 Å². The second kappa shape index (κ2) is 10.9. The zero-order chi connectivity index (χ0) is 23.4. The summed E-state index contributed by atoms with van der Waals surface area (Å²) in [5.74, 6) is 1.44. The molecule has 0 spiro atoms. The fraction of sp³-hybridized carbons (Fsp3) is 0.500. The number of piperidine rings is 1. The standard InChI is InChI=1S/C26H34Cl2N2O2/c1-16(2)22-14-23(17(3)12-25(22)32-5)18(4)29-26(31)19-8-10-30(11-9-19)15-20-6-7-21(27)13-24(20)28/h6-7,12-14,16,18-19H,8-11,15H2,1-5H3,(H,29,31)/t18-/m1/s1. The SMILES string of the molecule is COc1cc(C)c([C@@H](C)NC(=O)C2CCN(Cc3ccc(Cl)cc3Cl)CC2)cc1C(C)C. The Balaban J connectivity index is 1.58. The summed E-state index contributed by atoms with van der Waals surface area (Å²) in [5.41, 5.74) is 4.53. The molecule has 1 heterocycles. The molecule has 1 atom stereocenters. The first-order valence-corrected chi connectivity index (χ1v) is 12.1. The first-order valence-electron chi connectivity index (χ1n) is 11.3. The fourth-order valence-corrected chi connectivity index (χ4v) is 4.93. The van der Waals surface area contributed by atoms with Crippen LogP contribution < -0.4 is 10.1 Å². The molecular weight excluding hydrogens is 443 g/mol. The van der Waals surface area contributed by atoms with Crippen molar-refractivity contribution in [1.82, 2.24) is 10.2 Å². The average molecular weight is 477 g/mol. The highest BCUT2D eigenvalue weighted by atomic mass is 35.5. The molecule has 3 rings (SSSR count). The van der Waals surface area contributed by atoms with E-state index in [0.29, 0.717) is 16.0 Å². The van der Waals surface area contributed by atoms with Gasteiger partial charge in [0.1, 0.15) is 5.75 Å². The number of rotatable bonds is 7. The van der Waals surface area contributed by atoms with Crippen molar-refractivity contribution in [2.24, 2.45) is 5.92 Å². The van der Waals surface area contributed by atoms with Gasteiger partial charge in [-0.3, -0.25) is 9.69 Å². The molecule has 1 amide bonds. The molecular formula is C26H34Cl2N2O2. The lowest BCUT2D eigenvalue weighted by Gasteiger charge is -2.32. The zero-order valence-electron chi connectivity index (χ0n) is 19.7. The van der Waals surface area contributed by atoms with E-state index in [1.165, 1.54) is 5.56 Å². The van der Waals surface area contributed by atoms with Gasteiger partial charge in [-0.05, 0) is 92.2 Å². The summed E-state index contributed by atoms with van der Waals surface area (Å²) >= 11 is 12.3. The van der Waals surface area contributed by atoms with Crippen molar-refractivity contribution in [2.45, 2.75) is 59.0 Å². The van der Waals surface area contributed by atoms with E-state index in [-0.39, 0.29) is 17.9 Å². The van der Waals surface area contributed by atoms with Crippen LogP contribution in [0.1, 0.15) is 67.8 Å². The van der Waals surface area contributed by atoms with Crippen LogP contribution in [-0.4, -0.2) is 31.0 Å². The molecule has 2 aromatic carbocycles. The van der Waals surface area contributed by atoms with Crippen molar-refractivity contribution in [1.29, 1.82) is 0 Å². The molecule has 1 fully saturated rings. The van der Waals surface area contributed by atoms with Crippen LogP contribution in [0.5, 0.6) is 5.75 Å². The molecule has 0 bridgehead atoms. The topological polar surface area (TPSA) is 41.6 Å². The summed E-state index contributed by atoms with van der Waals surface area (Å²) in [6, 6.07) is 9.85. The molecule has 32 heavy (non-hydrogen) atoms. The lowest BCUT2D eigenvalue weighted by Crippen LogP contribution is -2.41. The van der Waals surface area contributed by atoms with E-state index in [0.717, 1.165) is 54.9 Å². The van der Waals surface area contributed by atoms with E-state index in [9.17, 15) is 4.79 Å². The number of likely N-dealkylation sites (tertiary alicyclic amines) is 1. The first-order chi connectivity index (χ1) is 15.2. The molecule has 1 saturated heterocycles. The third kappa shape index (κ3) is 5.98. The van der Waals surface area contributed by atoms with Gasteiger partial charge in [0.2, 0.25) is 5.91 Å². The minimum absolute atomic E-state index is 0.0394. The number of halogens is 2. The van der Waals surface area contributed by atoms with Crippen molar-refractivity contribution in [2.75, 3.05) is 20.2 Å². The molecule has 1 N–H and O–H groups in total. The average Bonchev–Trinajstić information content (AvgIpc) is 2.75. The Labute approximate surface area is 202 Å². The summed E-state index contributed by atoms with van der Waals surface area (Å²) in [7, 11) is 1.71. The van der Waals surface area contributed by atoms with Crippen molar-refractivity contribution in [3.05, 3.63) is 62.6 Å². The summed E-state index contributed by atoms with van der Waals surface area (Å²) in [6.45, 7) is 11.0. The van der Waals surface area contributed by atoms with Crippen LogP contribution in [0.4, 0.5) is 0 Å². The predicted molar refractivity (Wildman–Crippen MR) is 133 cm³/mol. The van der Waals surface area contributed by atoms with E-state index in [4.69, 9.17) is 27.9 Å². The number of methoxy groups -OCH3 is 1. The zero-order valence-corrected chi connectivity index (χ0v) is 21.2. The molecule has 174 valence electrons. The minimum Gasteiger partial charge on any atom is -0.496 e. The number of carbonyl (C=O) groups is 1. The van der Waals surface area contributed by atoms with E-state index in [1.54, 1.807) is 13.2 Å². The molecule has 0 unspecified atom stereocenters. The van der Waals surface area contributed by atoms with Crippen LogP contribution in [0, 0.1) is 12.8 Å². The Morgan fingerprint density at radius 3 is 2.41 bits per heavy atom. The van der Waals surface area contributed by atoms with Gasteiger partial charge >= 0.3 is 0 Å². The van der Waals surface area contributed by atoms with Crippen LogP contribution in [0.15, 0.2) is 30.3 Å². The number of nitrogens with one attached hydrogen (secondary N) is 1. The molecule has 1 aliphatic heterocycles. The van der Waals surface area contributed by atoms with Crippen LogP contribution in [0.3, 0.4) is 0 Å². The molecule has 0 radical (unpaired) electrons. The Morgan fingerprint density at radius 2 is 1.81 bits per heavy atom. The van der Waals surface area contributed by atoms with Gasteiger partial charge in [0.15, 0.2) is 0 Å². The second-order valence-electron chi connectivity index (χ2n) is 9.12. The molecule has 2 aromatic rings. The van der Waals surface area contributed by atoms with Crippen LogP contribution in [0.2, 0.25) is 10.0 Å². The summed E-state index contributed by atoms with van der Waals surface area (Å²) in [6.07, 6.45) is 1.70. The third-order valence-electron chi connectivity index (χ3n) is 6.43. The second-order valence-corrected chi connectivity index (χ2v) is 9.97. The van der Waals surface area contributed by atoms with Gasteiger partial charge in [-0.25, -0.2) is 0 Å². The molecule has 4 nitrogen and oxygen atoms in total. The third-order valence-corrected chi connectivity index (χ3v) is 7.02. The molecule has 0 saturated carbocycles. The number of ether oxygens (including phenoxy) is 1. The van der Waals surface area contributed by atoms with E-state index in [2.05, 4.69) is 50.0 Å². The Kier molecular flexibility index (Phi) is 8.49. The molecule has 0 aliphatic carbocycles. The summed E-state index contributed by atoms with van der Waals surface area (Å²) in [4.78, 5) is 15.4. The fourth-order valence-electron chi connectivity index (χ4n) is 4.46. The van der Waals surface area contributed by atoms with Crippen LogP contribution >= 0.6 is 23.2 Å². The van der Waals surface area contributed by atoms with Gasteiger partial charge in [0.05, 0.1) is 13.2 Å². The van der Waals surface area contributed by atoms with Crippen molar-refractivity contribution in [3.8, 4) is 5.75 Å². The summed E-state index contributed by atoms with van der Waals surface area (Å²) in [5, 5.41) is 4.60. The van der Waals surface area contributed by atoms with Gasteiger partial charge in [0, 0.05) is 22.5 Å². The number of aryl methyl sites for hydroxylation is 1. The maximum atomic E-state index is 13.0. The minimum atomic E-state index is -0.0446. The highest BCUT2D eigenvalue weighted by Gasteiger charge is 2.27. The van der Waals surface area contributed by atoms with E-state index < -0.39 is 0 Å². The quantitative estimate of drug-likeness (QED) is 0.494. The Morgan fingerprint density at radius 1 is 1.12 bits per heavy atom. The molecule has 0 aromatic heterocycles. The Bertz CT molecular complexity index is 953. The Hall–Kier alpha value is -1.75. The maximum Gasteiger partial charge on any atom is 0.223 e. The van der Waals surface area contributed by atoms with Crippen molar-refractivity contribution < 1.29 is 9.53 Å². The maximum absolute atomic E-state index is 13.0. The highest BCUT2D eigenvalue weighted by molar-refractivity contribution is 6.35. The predicted octanol–water partition coefficient (Wildman–Crippen LogP) is 6.52. The summed E-state index contributed by atoms with van der Waals surface area (Å²) < 4.78 is 5.56. The van der Waals surface area contributed by atoms with Crippen LogP contribution in [-0.2, 0) is 11.3 Å². The monoisotopic (exact) mass is 476 g/mol. The lowest BCUT2D eigenvalue weighted by atomic mass is 9.92. The number of nitrogens with zero attached hydrogens (tertiary/aromatic N) is 1. The number of carbonyl (C=O) groups excluding carboxylic acids is 1. The molecule has 1 aliphatic rings. The van der Waals surface area contributed by atoms with Crippen LogP contribution in [0.25, 0.3) is 0 Å². The number of amides is 1. The van der Waals surface area contributed by atoms with E-state index in [1.807, 2.05) is 12.1 Å². The number of hydrogen-bond acceptors (Lipinski definition) is 3. The first kappa shape index (κ1) is 24.9. The van der Waals surface area contributed by atoms with Gasteiger partial charge in [-0.2, -0.15) is 0 Å². The largest absolute Gasteiger partial charge is 0.496 e. The van der Waals surface area contributed by atoms with Gasteiger partial charge in [0.25, 0.3) is 0 Å². The van der Waals surface area contributed by atoms with Gasteiger partial charge in [-0.15, -0.1) is 0 Å². The highest BCUT2D eigenvalue weighted by Crippen LogP contribution is 2.32. The van der Waals surface area contributed by atoms with Gasteiger partial charge in [-0.1, -0.05) is 43.1 Å². The normalized spacial score (nSPS) is 16.2. The number of benzene rings is 2. The smallest absolute Gasteiger partial charge is 0.223 e. The van der Waals surface area contributed by atoms with Crippen molar-refractivity contribution in [3.63, 3.8) is 0 Å². The number of hydrogen-bond donors (Lipinski definition) is 1. The van der Waals surface area contributed by atoms with E-state index >= 15 is 0 Å². The van der Waals surface area contributed by atoms with Gasteiger partial charge < -0.3 is 10.1 Å². The lowest BCUT2D eigenvalue weighted by molar-refractivity contribution is -0.127. The molecule has 6 heteroatoms.